The van der Waals surface area contributed by atoms with Crippen molar-refractivity contribution in [1.29, 1.82) is 0 Å². The first-order valence-corrected chi connectivity index (χ1v) is 4.71. The molecule has 1 unspecified atom stereocenters. The maximum atomic E-state index is 5.62. The topological polar surface area (TPSA) is 51.2 Å². The van der Waals surface area contributed by atoms with Crippen molar-refractivity contribution in [1.82, 2.24) is 5.32 Å². The van der Waals surface area contributed by atoms with Crippen molar-refractivity contribution in [3.05, 3.63) is 23.7 Å². The van der Waals surface area contributed by atoms with Gasteiger partial charge in [0, 0.05) is 19.5 Å². The highest BCUT2D eigenvalue weighted by molar-refractivity contribution is 5.10. The Morgan fingerprint density at radius 2 is 2.43 bits per heavy atom. The van der Waals surface area contributed by atoms with E-state index >= 15 is 0 Å². The summed E-state index contributed by atoms with van der Waals surface area (Å²) in [5, 5.41) is 3.24. The zero-order valence-corrected chi connectivity index (χ0v) is 8.42. The molecule has 0 spiro atoms. The fourth-order valence-corrected chi connectivity index (χ4v) is 1.26. The van der Waals surface area contributed by atoms with E-state index in [1.807, 2.05) is 19.1 Å². The summed E-state index contributed by atoms with van der Waals surface area (Å²) in [6.45, 7) is 3.19. The highest BCUT2D eigenvalue weighted by atomic mass is 16.3. The minimum Gasteiger partial charge on any atom is -0.465 e. The number of rotatable bonds is 5. The Labute approximate surface area is 84.7 Å². The van der Waals surface area contributed by atoms with E-state index < -0.39 is 0 Å². The van der Waals surface area contributed by atoms with Crippen molar-refractivity contribution in [2.24, 2.45) is 5.73 Å². The van der Waals surface area contributed by atoms with Gasteiger partial charge in [0.15, 0.2) is 0 Å². The van der Waals surface area contributed by atoms with Gasteiger partial charge in [-0.1, -0.05) is 0 Å². The smallest absolute Gasteiger partial charge is 0.122 e. The van der Waals surface area contributed by atoms with Crippen LogP contribution in [0, 0.1) is 19.3 Å². The summed E-state index contributed by atoms with van der Waals surface area (Å²) in [4.78, 5) is 0. The van der Waals surface area contributed by atoms with Gasteiger partial charge in [0.25, 0.3) is 0 Å². The highest BCUT2D eigenvalue weighted by Crippen LogP contribution is 2.14. The average Bonchev–Trinajstić information content (AvgIpc) is 2.60. The number of aryl methyl sites for hydroxylation is 1. The maximum absolute atomic E-state index is 5.62. The lowest BCUT2D eigenvalue weighted by Gasteiger charge is -2.13. The van der Waals surface area contributed by atoms with Crippen molar-refractivity contribution in [2.45, 2.75) is 19.4 Å². The number of terminal acetylenes is 1. The predicted octanol–water partition coefficient (Wildman–Crippen LogP) is 1.20. The molecule has 1 aromatic rings. The number of hydrogen-bond acceptors (Lipinski definition) is 3. The molecule has 76 valence electrons. The highest BCUT2D eigenvalue weighted by Gasteiger charge is 2.11. The lowest BCUT2D eigenvalue weighted by molar-refractivity contribution is 0.407. The van der Waals surface area contributed by atoms with Crippen molar-refractivity contribution in [2.75, 3.05) is 13.1 Å². The molecule has 0 aromatic carbocycles. The van der Waals surface area contributed by atoms with Crippen LogP contribution in [-0.2, 0) is 0 Å². The van der Waals surface area contributed by atoms with E-state index in [9.17, 15) is 0 Å². The van der Waals surface area contributed by atoms with Gasteiger partial charge in [0.1, 0.15) is 11.5 Å². The van der Waals surface area contributed by atoms with Crippen LogP contribution in [0.2, 0.25) is 0 Å². The van der Waals surface area contributed by atoms with Crippen LogP contribution >= 0.6 is 0 Å². The van der Waals surface area contributed by atoms with Crippen LogP contribution in [0.5, 0.6) is 0 Å². The molecule has 0 radical (unpaired) electrons. The molecule has 0 fully saturated rings. The first-order valence-electron chi connectivity index (χ1n) is 4.71. The Morgan fingerprint density at radius 1 is 1.64 bits per heavy atom. The molecule has 0 bridgehead atoms. The molecular weight excluding hydrogens is 176 g/mol. The first kappa shape index (κ1) is 10.8. The van der Waals surface area contributed by atoms with Crippen molar-refractivity contribution < 1.29 is 4.42 Å². The quantitative estimate of drug-likeness (QED) is 0.544. The molecule has 1 rings (SSSR count). The van der Waals surface area contributed by atoms with Gasteiger partial charge in [-0.15, -0.1) is 12.3 Å². The third-order valence-corrected chi connectivity index (χ3v) is 2.00. The SMILES string of the molecule is C#CCCNC(CN)c1ccc(C)o1. The second kappa shape index (κ2) is 5.48. The Hall–Kier alpha value is -1.24. The molecular formula is C11H16N2O. The molecule has 3 nitrogen and oxygen atoms in total. The molecule has 14 heavy (non-hydrogen) atoms. The Kier molecular flexibility index (Phi) is 4.24. The van der Waals surface area contributed by atoms with Gasteiger partial charge in [-0.2, -0.15) is 0 Å². The lowest BCUT2D eigenvalue weighted by Crippen LogP contribution is -2.28. The molecule has 1 atom stereocenters. The van der Waals surface area contributed by atoms with E-state index in [0.29, 0.717) is 13.0 Å². The number of nitrogens with two attached hydrogens (primary N) is 1. The first-order chi connectivity index (χ1) is 6.77. The average molecular weight is 192 g/mol. The molecule has 1 aromatic heterocycles. The molecule has 0 saturated carbocycles. The molecule has 0 saturated heterocycles. The Balaban J connectivity index is 2.50. The van der Waals surface area contributed by atoms with E-state index in [1.54, 1.807) is 0 Å². The second-order valence-electron chi connectivity index (χ2n) is 3.14. The summed E-state index contributed by atoms with van der Waals surface area (Å²) in [5.41, 5.74) is 5.62. The summed E-state index contributed by atoms with van der Waals surface area (Å²) in [7, 11) is 0. The van der Waals surface area contributed by atoms with Gasteiger partial charge in [-0.25, -0.2) is 0 Å². The molecule has 0 aliphatic carbocycles. The van der Waals surface area contributed by atoms with Crippen molar-refractivity contribution in [3.8, 4) is 12.3 Å². The van der Waals surface area contributed by atoms with E-state index in [4.69, 9.17) is 16.6 Å². The summed E-state index contributed by atoms with van der Waals surface area (Å²) in [6.07, 6.45) is 5.86. The van der Waals surface area contributed by atoms with Crippen molar-refractivity contribution >= 4 is 0 Å². The monoisotopic (exact) mass is 192 g/mol. The number of nitrogens with one attached hydrogen (secondary N) is 1. The van der Waals surface area contributed by atoms with E-state index in [1.165, 1.54) is 0 Å². The molecule has 1 heterocycles. The van der Waals surface area contributed by atoms with Crippen LogP contribution in [0.3, 0.4) is 0 Å². The number of furan rings is 1. The Bertz CT molecular complexity index is 311. The van der Waals surface area contributed by atoms with Gasteiger partial charge in [-0.05, 0) is 19.1 Å². The molecule has 0 amide bonds. The fraction of sp³-hybridized carbons (Fsp3) is 0.455. The predicted molar refractivity (Wildman–Crippen MR) is 56.7 cm³/mol. The van der Waals surface area contributed by atoms with Crippen LogP contribution in [0.15, 0.2) is 16.5 Å². The van der Waals surface area contributed by atoms with Crippen LogP contribution in [-0.4, -0.2) is 13.1 Å². The zero-order valence-electron chi connectivity index (χ0n) is 8.42. The molecule has 3 N–H and O–H groups in total. The van der Waals surface area contributed by atoms with Crippen LogP contribution in [0.1, 0.15) is 24.0 Å². The van der Waals surface area contributed by atoms with E-state index in [0.717, 1.165) is 18.1 Å². The molecule has 0 aliphatic heterocycles. The minimum atomic E-state index is 0.0667. The summed E-state index contributed by atoms with van der Waals surface area (Å²) in [6, 6.07) is 3.94. The Morgan fingerprint density at radius 3 is 2.93 bits per heavy atom. The van der Waals surface area contributed by atoms with Crippen molar-refractivity contribution in [3.63, 3.8) is 0 Å². The lowest BCUT2D eigenvalue weighted by atomic mass is 10.2. The summed E-state index contributed by atoms with van der Waals surface area (Å²) in [5.74, 6) is 4.35. The maximum Gasteiger partial charge on any atom is 0.122 e. The van der Waals surface area contributed by atoms with Crippen LogP contribution in [0.4, 0.5) is 0 Å². The van der Waals surface area contributed by atoms with Gasteiger partial charge in [-0.3, -0.25) is 0 Å². The molecule has 3 heteroatoms. The summed E-state index contributed by atoms with van der Waals surface area (Å²) >= 11 is 0. The van der Waals surface area contributed by atoms with Gasteiger partial charge in [0.2, 0.25) is 0 Å². The number of hydrogen-bond donors (Lipinski definition) is 2. The third kappa shape index (κ3) is 2.91. The van der Waals surface area contributed by atoms with Gasteiger partial charge in [0.05, 0.1) is 6.04 Å². The second-order valence-corrected chi connectivity index (χ2v) is 3.14. The zero-order chi connectivity index (χ0) is 10.4. The minimum absolute atomic E-state index is 0.0667. The summed E-state index contributed by atoms with van der Waals surface area (Å²) < 4.78 is 5.47. The van der Waals surface area contributed by atoms with E-state index in [2.05, 4.69) is 11.2 Å². The standard InChI is InChI=1S/C11H16N2O/c1-3-4-7-13-10(8-12)11-6-5-9(2)14-11/h1,5-6,10,13H,4,7-8,12H2,2H3. The van der Waals surface area contributed by atoms with Crippen LogP contribution < -0.4 is 11.1 Å². The fourth-order valence-electron chi connectivity index (χ4n) is 1.26. The van der Waals surface area contributed by atoms with Gasteiger partial charge < -0.3 is 15.5 Å². The molecule has 0 aliphatic rings. The normalized spacial score (nSPS) is 12.4. The van der Waals surface area contributed by atoms with Crippen LogP contribution in [0.25, 0.3) is 0 Å². The van der Waals surface area contributed by atoms with Gasteiger partial charge >= 0.3 is 0 Å². The third-order valence-electron chi connectivity index (χ3n) is 2.00. The van der Waals surface area contributed by atoms with E-state index in [-0.39, 0.29) is 6.04 Å². The largest absolute Gasteiger partial charge is 0.465 e.